The van der Waals surface area contributed by atoms with Gasteiger partial charge in [-0.2, -0.15) is 0 Å². The van der Waals surface area contributed by atoms with Crippen LogP contribution in [0.5, 0.6) is 0 Å². The summed E-state index contributed by atoms with van der Waals surface area (Å²) in [6.07, 6.45) is 5.50. The average Bonchev–Trinajstić information content (AvgIpc) is 3.02. The van der Waals surface area contributed by atoms with Gasteiger partial charge in [0.25, 0.3) is 0 Å². The predicted molar refractivity (Wildman–Crippen MR) is 59.4 cm³/mol. The summed E-state index contributed by atoms with van der Waals surface area (Å²) in [6.45, 7) is 5.09. The Balaban J connectivity index is 2.26. The van der Waals surface area contributed by atoms with E-state index in [4.69, 9.17) is 10.5 Å². The molecule has 1 saturated carbocycles. The number of nitrogens with two attached hydrogens (primary N) is 1. The van der Waals surface area contributed by atoms with Crippen LogP contribution in [0.1, 0.15) is 32.6 Å². The van der Waals surface area contributed by atoms with Gasteiger partial charge in [-0.15, -0.1) is 0 Å². The largest absolute Gasteiger partial charge is 0.379 e. The summed E-state index contributed by atoms with van der Waals surface area (Å²) in [4.78, 5) is 2.55. The highest BCUT2D eigenvalue weighted by atomic mass is 16.5. The van der Waals surface area contributed by atoms with Crippen molar-refractivity contribution in [1.29, 1.82) is 0 Å². The minimum absolute atomic E-state index is 0.215. The maximum atomic E-state index is 5.63. The van der Waals surface area contributed by atoms with Crippen LogP contribution in [0.3, 0.4) is 0 Å². The van der Waals surface area contributed by atoms with Crippen LogP contribution in [0.15, 0.2) is 0 Å². The Labute approximate surface area is 87.6 Å². The third-order valence-corrected chi connectivity index (χ3v) is 2.90. The van der Waals surface area contributed by atoms with E-state index in [2.05, 4.69) is 11.8 Å². The Bertz CT molecular complexity index is 144. The molecule has 0 aromatic carbocycles. The van der Waals surface area contributed by atoms with Crippen molar-refractivity contribution >= 4 is 0 Å². The quantitative estimate of drug-likeness (QED) is 0.640. The molecule has 0 aromatic heterocycles. The van der Waals surface area contributed by atoms with E-state index in [1.807, 2.05) is 0 Å². The molecule has 1 aliphatic rings. The molecule has 1 atom stereocenters. The maximum Gasteiger partial charge on any atom is 0.0820 e. The first kappa shape index (κ1) is 12.0. The van der Waals surface area contributed by atoms with E-state index in [0.29, 0.717) is 6.54 Å². The van der Waals surface area contributed by atoms with Crippen molar-refractivity contribution < 1.29 is 4.74 Å². The molecular weight excluding hydrogens is 176 g/mol. The highest BCUT2D eigenvalue weighted by Crippen LogP contribution is 2.27. The minimum atomic E-state index is 0.215. The highest BCUT2D eigenvalue weighted by Gasteiger charge is 2.29. The molecule has 0 heterocycles. The van der Waals surface area contributed by atoms with Gasteiger partial charge in [0, 0.05) is 26.2 Å². The molecule has 0 spiro atoms. The molecule has 14 heavy (non-hydrogen) atoms. The van der Waals surface area contributed by atoms with Crippen LogP contribution < -0.4 is 5.73 Å². The summed E-state index contributed by atoms with van der Waals surface area (Å²) in [5.41, 5.74) is 5.63. The monoisotopic (exact) mass is 200 g/mol. The zero-order chi connectivity index (χ0) is 10.4. The molecule has 2 N–H and O–H groups in total. The second kappa shape index (κ2) is 6.38. The lowest BCUT2D eigenvalue weighted by Crippen LogP contribution is -2.39. The summed E-state index contributed by atoms with van der Waals surface area (Å²) in [5, 5.41) is 0. The van der Waals surface area contributed by atoms with Crippen LogP contribution in [0.25, 0.3) is 0 Å². The summed E-state index contributed by atoms with van der Waals surface area (Å²) >= 11 is 0. The summed E-state index contributed by atoms with van der Waals surface area (Å²) in [5.74, 6) is 0. The summed E-state index contributed by atoms with van der Waals surface area (Å²) < 4.78 is 5.32. The molecule has 0 aromatic rings. The Morgan fingerprint density at radius 3 is 2.64 bits per heavy atom. The Hall–Kier alpha value is -0.120. The van der Waals surface area contributed by atoms with Crippen molar-refractivity contribution in [1.82, 2.24) is 4.90 Å². The van der Waals surface area contributed by atoms with E-state index >= 15 is 0 Å². The molecule has 0 amide bonds. The van der Waals surface area contributed by atoms with Gasteiger partial charge in [0.2, 0.25) is 0 Å². The van der Waals surface area contributed by atoms with Gasteiger partial charge in [0.05, 0.1) is 6.10 Å². The standard InChI is InChI=1S/C11H24N2O/c1-3-4-7-13(10-5-6-10)9-11(8-12)14-2/h10-11H,3-9,12H2,1-2H3. The molecule has 1 fully saturated rings. The highest BCUT2D eigenvalue weighted by molar-refractivity contribution is 4.85. The fourth-order valence-electron chi connectivity index (χ4n) is 1.73. The molecule has 1 aliphatic carbocycles. The van der Waals surface area contributed by atoms with Crippen LogP contribution in [0.2, 0.25) is 0 Å². The molecular formula is C11H24N2O. The van der Waals surface area contributed by atoms with Crippen molar-refractivity contribution in [2.75, 3.05) is 26.7 Å². The van der Waals surface area contributed by atoms with Crippen LogP contribution in [-0.4, -0.2) is 43.8 Å². The van der Waals surface area contributed by atoms with Gasteiger partial charge in [-0.1, -0.05) is 13.3 Å². The average molecular weight is 200 g/mol. The Morgan fingerprint density at radius 1 is 1.50 bits per heavy atom. The number of hydrogen-bond acceptors (Lipinski definition) is 3. The van der Waals surface area contributed by atoms with E-state index in [1.54, 1.807) is 7.11 Å². The fourth-order valence-corrected chi connectivity index (χ4v) is 1.73. The van der Waals surface area contributed by atoms with Crippen LogP contribution >= 0.6 is 0 Å². The van der Waals surface area contributed by atoms with Crippen molar-refractivity contribution in [3.63, 3.8) is 0 Å². The molecule has 3 nitrogen and oxygen atoms in total. The van der Waals surface area contributed by atoms with Crippen molar-refractivity contribution in [2.24, 2.45) is 5.73 Å². The SMILES string of the molecule is CCCCN(CC(CN)OC)C1CC1. The lowest BCUT2D eigenvalue weighted by molar-refractivity contribution is 0.0665. The first-order chi connectivity index (χ1) is 6.81. The zero-order valence-electron chi connectivity index (χ0n) is 9.54. The van der Waals surface area contributed by atoms with E-state index in [-0.39, 0.29) is 6.10 Å². The van der Waals surface area contributed by atoms with E-state index < -0.39 is 0 Å². The molecule has 3 heteroatoms. The smallest absolute Gasteiger partial charge is 0.0820 e. The number of hydrogen-bond donors (Lipinski definition) is 1. The van der Waals surface area contributed by atoms with Crippen LogP contribution in [-0.2, 0) is 4.74 Å². The normalized spacial score (nSPS) is 18.9. The lowest BCUT2D eigenvalue weighted by atomic mass is 10.2. The number of ether oxygens (including phenoxy) is 1. The number of methoxy groups -OCH3 is 1. The minimum Gasteiger partial charge on any atom is -0.379 e. The second-order valence-electron chi connectivity index (χ2n) is 4.17. The molecule has 0 bridgehead atoms. The molecule has 1 unspecified atom stereocenters. The van der Waals surface area contributed by atoms with Gasteiger partial charge in [0.1, 0.15) is 0 Å². The summed E-state index contributed by atoms with van der Waals surface area (Å²) in [7, 11) is 1.75. The third kappa shape index (κ3) is 3.95. The van der Waals surface area contributed by atoms with E-state index in [0.717, 1.165) is 12.6 Å². The molecule has 0 saturated heterocycles. The van der Waals surface area contributed by atoms with Gasteiger partial charge in [-0.25, -0.2) is 0 Å². The third-order valence-electron chi connectivity index (χ3n) is 2.90. The van der Waals surface area contributed by atoms with Crippen molar-refractivity contribution in [2.45, 2.75) is 44.8 Å². The predicted octanol–water partition coefficient (Wildman–Crippen LogP) is 1.22. The van der Waals surface area contributed by atoms with Gasteiger partial charge >= 0.3 is 0 Å². The van der Waals surface area contributed by atoms with Crippen molar-refractivity contribution in [3.05, 3.63) is 0 Å². The van der Waals surface area contributed by atoms with Crippen molar-refractivity contribution in [3.8, 4) is 0 Å². The summed E-state index contributed by atoms with van der Waals surface area (Å²) in [6, 6.07) is 0.825. The van der Waals surface area contributed by atoms with Gasteiger partial charge in [0.15, 0.2) is 0 Å². The van der Waals surface area contributed by atoms with Gasteiger partial charge in [-0.3, -0.25) is 4.90 Å². The molecule has 84 valence electrons. The Kier molecular flexibility index (Phi) is 5.45. The first-order valence-corrected chi connectivity index (χ1v) is 5.78. The van der Waals surface area contributed by atoms with E-state index in [1.165, 1.54) is 32.2 Å². The zero-order valence-corrected chi connectivity index (χ0v) is 9.54. The number of nitrogens with zero attached hydrogens (tertiary/aromatic N) is 1. The van der Waals surface area contributed by atoms with Gasteiger partial charge < -0.3 is 10.5 Å². The van der Waals surface area contributed by atoms with Gasteiger partial charge in [-0.05, 0) is 25.8 Å². The topological polar surface area (TPSA) is 38.5 Å². The van der Waals surface area contributed by atoms with Crippen LogP contribution in [0, 0.1) is 0 Å². The van der Waals surface area contributed by atoms with Crippen LogP contribution in [0.4, 0.5) is 0 Å². The molecule has 0 radical (unpaired) electrons. The number of rotatable bonds is 8. The fraction of sp³-hybridized carbons (Fsp3) is 1.00. The molecule has 1 rings (SSSR count). The first-order valence-electron chi connectivity index (χ1n) is 5.78. The maximum absolute atomic E-state index is 5.63. The van der Waals surface area contributed by atoms with E-state index in [9.17, 15) is 0 Å². The lowest BCUT2D eigenvalue weighted by Gasteiger charge is -2.25. The number of unbranched alkanes of at least 4 members (excludes halogenated alkanes) is 1. The molecule has 0 aliphatic heterocycles. The Morgan fingerprint density at radius 2 is 2.21 bits per heavy atom. The second-order valence-corrected chi connectivity index (χ2v) is 4.17.